The fraction of sp³-hybridized carbons (Fsp3) is 0.750. The summed E-state index contributed by atoms with van der Waals surface area (Å²) >= 11 is -1.31. The zero-order valence-corrected chi connectivity index (χ0v) is 29.6. The molecule has 228 valence electrons. The molecule has 0 radical (unpaired) electrons. The summed E-state index contributed by atoms with van der Waals surface area (Å²) in [5.74, 6) is 2.38. The van der Waals surface area contributed by atoms with Gasteiger partial charge in [-0.1, -0.05) is 32.0 Å². The highest BCUT2D eigenvalue weighted by molar-refractivity contribution is 7.96. The van der Waals surface area contributed by atoms with Gasteiger partial charge in [0.1, 0.15) is 0 Å². The van der Waals surface area contributed by atoms with Gasteiger partial charge in [0.15, 0.2) is 0 Å². The van der Waals surface area contributed by atoms with Crippen molar-refractivity contribution in [2.45, 2.75) is 109 Å². The average Bonchev–Trinajstić information content (AvgIpc) is 3.24. The highest BCUT2D eigenvalue weighted by Gasteiger charge is 2.63. The van der Waals surface area contributed by atoms with Gasteiger partial charge in [0.05, 0.1) is 36.1 Å². The van der Waals surface area contributed by atoms with Crippen LogP contribution in [0.5, 0.6) is 0 Å². The molecule has 0 N–H and O–H groups in total. The van der Waals surface area contributed by atoms with Gasteiger partial charge in [0, 0.05) is 6.42 Å². The first-order valence-electron chi connectivity index (χ1n) is 15.7. The Labute approximate surface area is 253 Å². The zero-order valence-electron chi connectivity index (χ0n) is 26.7. The molecule has 0 bridgehead atoms. The molecule has 4 aliphatic rings. The van der Waals surface area contributed by atoms with Crippen molar-refractivity contribution >= 4 is 45.5 Å². The summed E-state index contributed by atoms with van der Waals surface area (Å²) in [6, 6.07) is 10.5. The third-order valence-corrected chi connectivity index (χ3v) is 16.8. The van der Waals surface area contributed by atoms with Crippen LogP contribution >= 0.6 is 0 Å². The van der Waals surface area contributed by atoms with Crippen LogP contribution in [0.25, 0.3) is 0 Å². The quantitative estimate of drug-likeness (QED) is 0.189. The van der Waals surface area contributed by atoms with E-state index in [9.17, 15) is 9.35 Å². The Hall–Kier alpha value is -1.30. The molecule has 9 heteroatoms. The van der Waals surface area contributed by atoms with Crippen molar-refractivity contribution in [2.75, 3.05) is 11.1 Å². The second kappa shape index (κ2) is 11.0. The number of hydrogen-bond donors (Lipinski definition) is 0. The maximum absolute atomic E-state index is 14.9. The topological polar surface area (TPSA) is 74.2 Å². The molecular formula is C32H52N2O4SSi2. The second-order valence-corrected chi connectivity index (χ2v) is 26.7. The van der Waals surface area contributed by atoms with Crippen LogP contribution in [-0.2, 0) is 25.3 Å². The van der Waals surface area contributed by atoms with E-state index in [0.29, 0.717) is 17.8 Å². The van der Waals surface area contributed by atoms with Crippen LogP contribution in [0.4, 0.5) is 5.69 Å². The third-order valence-electron chi connectivity index (χ3n) is 10.9. The molecule has 0 spiro atoms. The Morgan fingerprint density at radius 1 is 0.976 bits per heavy atom. The number of methoxy groups -OCH3 is 1. The van der Waals surface area contributed by atoms with E-state index >= 15 is 0 Å². The third kappa shape index (κ3) is 5.58. The van der Waals surface area contributed by atoms with Gasteiger partial charge in [-0.2, -0.15) is 0 Å². The summed E-state index contributed by atoms with van der Waals surface area (Å²) in [5.41, 5.74) is 1.01. The Balaban J connectivity index is 1.51. The molecule has 5 rings (SSSR count). The first kappa shape index (κ1) is 31.1. The van der Waals surface area contributed by atoms with Crippen molar-refractivity contribution in [3.63, 3.8) is 0 Å². The molecule has 4 unspecified atom stereocenters. The minimum Gasteiger partial charge on any atom is -0.593 e. The van der Waals surface area contributed by atoms with Crippen molar-refractivity contribution in [1.29, 1.82) is 0 Å². The normalized spacial score (nSPS) is 37.7. The highest BCUT2D eigenvalue weighted by atomic mass is 32.2. The van der Waals surface area contributed by atoms with Crippen LogP contribution in [0.3, 0.4) is 0 Å². The SMILES string of the molecule is COC(=O)C1CC[C@H]2[C@@H]3CCC4N=C(O[Si](C)(C)C)C([S+]([O-])N(c5ccccc5)[Si](C)(C)C)C[C@]4(C)[C@@H]3CC[C@]12C. The summed E-state index contributed by atoms with van der Waals surface area (Å²) in [6.07, 6.45) is 7.25. The van der Waals surface area contributed by atoms with E-state index in [-0.39, 0.29) is 34.0 Å². The van der Waals surface area contributed by atoms with Crippen LogP contribution in [0.15, 0.2) is 35.3 Å². The number of rotatable bonds is 6. The maximum Gasteiger partial charge on any atom is 0.309 e. The van der Waals surface area contributed by atoms with Crippen molar-refractivity contribution in [1.82, 2.24) is 0 Å². The number of carbonyl (C=O) groups excluding carboxylic acids is 1. The molecule has 3 aliphatic carbocycles. The number of para-hydroxylation sites is 1. The fourth-order valence-electron chi connectivity index (χ4n) is 9.20. The van der Waals surface area contributed by atoms with Crippen molar-refractivity contribution < 1.29 is 18.5 Å². The van der Waals surface area contributed by atoms with E-state index in [2.05, 4.69) is 69.2 Å². The first-order chi connectivity index (χ1) is 19.1. The van der Waals surface area contributed by atoms with E-state index in [1.54, 1.807) is 0 Å². The molecule has 1 aliphatic heterocycles. The monoisotopic (exact) mass is 616 g/mol. The molecule has 3 saturated carbocycles. The lowest BCUT2D eigenvalue weighted by Gasteiger charge is -2.59. The molecule has 41 heavy (non-hydrogen) atoms. The number of fused-ring (bicyclic) bond motifs is 5. The van der Waals surface area contributed by atoms with E-state index in [4.69, 9.17) is 14.2 Å². The smallest absolute Gasteiger partial charge is 0.309 e. The molecule has 3 fully saturated rings. The summed E-state index contributed by atoms with van der Waals surface area (Å²) in [6.45, 7) is 18.2. The Bertz CT molecular complexity index is 1150. The van der Waals surface area contributed by atoms with Gasteiger partial charge in [-0.05, 0) is 119 Å². The minimum absolute atomic E-state index is 0.0153. The van der Waals surface area contributed by atoms with Gasteiger partial charge < -0.3 is 13.7 Å². The Morgan fingerprint density at radius 3 is 2.24 bits per heavy atom. The van der Waals surface area contributed by atoms with E-state index in [1.165, 1.54) is 7.11 Å². The van der Waals surface area contributed by atoms with Crippen LogP contribution in [0.2, 0.25) is 39.3 Å². The molecule has 9 atom stereocenters. The lowest BCUT2D eigenvalue weighted by Crippen LogP contribution is -2.62. The number of benzene rings is 1. The lowest BCUT2D eigenvalue weighted by atomic mass is 9.47. The number of ether oxygens (including phenoxy) is 1. The summed E-state index contributed by atoms with van der Waals surface area (Å²) in [4.78, 5) is 18.2. The average molecular weight is 617 g/mol. The number of carbonyl (C=O) groups is 1. The number of hydrogen-bond acceptors (Lipinski definition) is 6. The van der Waals surface area contributed by atoms with Gasteiger partial charge in [0.25, 0.3) is 0 Å². The van der Waals surface area contributed by atoms with E-state index < -0.39 is 27.9 Å². The van der Waals surface area contributed by atoms with Gasteiger partial charge >= 0.3 is 5.97 Å². The number of esters is 1. The summed E-state index contributed by atoms with van der Waals surface area (Å²) in [5, 5.41) is -0.256. The number of anilines is 1. The van der Waals surface area contributed by atoms with Gasteiger partial charge in [0.2, 0.25) is 27.7 Å². The number of aliphatic imine (C=N–C) groups is 1. The molecule has 1 aromatic rings. The maximum atomic E-state index is 14.9. The lowest BCUT2D eigenvalue weighted by molar-refractivity contribution is -0.153. The molecule has 0 saturated heterocycles. The Morgan fingerprint density at radius 2 is 1.63 bits per heavy atom. The summed E-state index contributed by atoms with van der Waals surface area (Å²) < 4.78 is 29.1. The summed E-state index contributed by atoms with van der Waals surface area (Å²) in [7, 11) is -2.46. The number of nitrogens with zero attached hydrogens (tertiary/aromatic N) is 2. The molecule has 0 aromatic heterocycles. The van der Waals surface area contributed by atoms with Crippen molar-refractivity contribution in [2.24, 2.45) is 39.5 Å². The largest absolute Gasteiger partial charge is 0.593 e. The Kier molecular flexibility index (Phi) is 8.36. The van der Waals surface area contributed by atoms with Crippen LogP contribution < -0.4 is 3.97 Å². The molecule has 6 nitrogen and oxygen atoms in total. The zero-order chi connectivity index (χ0) is 30.0. The fourth-order valence-corrected chi connectivity index (χ4v) is 14.9. The minimum atomic E-state index is -2.02. The van der Waals surface area contributed by atoms with Gasteiger partial charge in [-0.3, -0.25) is 4.79 Å². The van der Waals surface area contributed by atoms with Crippen LogP contribution in [0, 0.1) is 34.5 Å². The van der Waals surface area contributed by atoms with Crippen LogP contribution in [-0.4, -0.2) is 51.4 Å². The predicted molar refractivity (Wildman–Crippen MR) is 174 cm³/mol. The van der Waals surface area contributed by atoms with Gasteiger partial charge in [-0.15, -0.1) is 0 Å². The van der Waals surface area contributed by atoms with Crippen molar-refractivity contribution in [3.05, 3.63) is 30.3 Å². The van der Waals surface area contributed by atoms with E-state index in [1.807, 2.05) is 18.2 Å². The molecule has 0 amide bonds. The van der Waals surface area contributed by atoms with Gasteiger partial charge in [-0.25, -0.2) is 8.96 Å². The van der Waals surface area contributed by atoms with E-state index in [0.717, 1.165) is 56.5 Å². The standard InChI is InChI=1S/C32H52N2O4SSi2/c1-31-20-19-25-23(24(31)16-17-26(31)30(35)37-3)15-18-28-32(25,2)21-27(29(33-28)38-41(7,8)9)39(36)34(40(4,5)6)22-13-11-10-12-14-22/h10-14,23-28H,15-21H2,1-9H3/t23-,24-,25+,26?,27?,28?,31-,32+,39?/m0/s1. The second-order valence-electron chi connectivity index (χ2n) is 15.6. The molecular weight excluding hydrogens is 565 g/mol. The first-order valence-corrected chi connectivity index (χ1v) is 23.7. The predicted octanol–water partition coefficient (Wildman–Crippen LogP) is 7.41. The molecule has 1 heterocycles. The van der Waals surface area contributed by atoms with Crippen molar-refractivity contribution in [3.8, 4) is 0 Å². The highest BCUT2D eigenvalue weighted by Crippen LogP contribution is 2.66. The van der Waals surface area contributed by atoms with Crippen LogP contribution in [0.1, 0.15) is 58.8 Å². The molecule has 1 aromatic carbocycles.